The first kappa shape index (κ1) is 14.2. The topological polar surface area (TPSA) is 80.0 Å². The smallest absolute Gasteiger partial charge is 0.273 e. The quantitative estimate of drug-likeness (QED) is 0.855. The highest BCUT2D eigenvalue weighted by molar-refractivity contribution is 5.92. The number of nitrogens with zero attached hydrogens (tertiary/aromatic N) is 3. The van der Waals surface area contributed by atoms with Gasteiger partial charge in [-0.05, 0) is 38.0 Å². The number of carbonyl (C=O) groups excluding carboxylic acids is 1. The Morgan fingerprint density at radius 1 is 1.50 bits per heavy atom. The molecule has 0 aliphatic rings. The molecule has 0 aliphatic carbocycles. The summed E-state index contributed by atoms with van der Waals surface area (Å²) in [7, 11) is 0. The van der Waals surface area contributed by atoms with E-state index < -0.39 is 0 Å². The molecule has 1 aromatic heterocycles. The molecule has 2 aromatic rings. The first-order valence-corrected chi connectivity index (χ1v) is 6.51. The zero-order chi connectivity index (χ0) is 14.5. The molecule has 6 heteroatoms. The summed E-state index contributed by atoms with van der Waals surface area (Å²) in [5, 5.41) is 19.4. The van der Waals surface area contributed by atoms with Gasteiger partial charge >= 0.3 is 0 Å². The second kappa shape index (κ2) is 6.29. The molecular formula is C14H18N4O2. The fourth-order valence-electron chi connectivity index (χ4n) is 1.83. The second-order valence-corrected chi connectivity index (χ2v) is 4.77. The van der Waals surface area contributed by atoms with Crippen molar-refractivity contribution in [3.8, 4) is 5.69 Å². The molecule has 0 spiro atoms. The lowest BCUT2D eigenvalue weighted by atomic mass is 10.2. The summed E-state index contributed by atoms with van der Waals surface area (Å²) >= 11 is 0. The number of carbonyl (C=O) groups is 1. The zero-order valence-corrected chi connectivity index (χ0v) is 11.6. The van der Waals surface area contributed by atoms with Crippen molar-refractivity contribution in [2.75, 3.05) is 6.61 Å². The van der Waals surface area contributed by atoms with Crippen LogP contribution < -0.4 is 5.32 Å². The lowest BCUT2D eigenvalue weighted by Crippen LogP contribution is -2.33. The number of rotatable bonds is 5. The minimum Gasteiger partial charge on any atom is -0.396 e. The summed E-state index contributed by atoms with van der Waals surface area (Å²) in [5.74, 6) is -0.287. The summed E-state index contributed by atoms with van der Waals surface area (Å²) < 4.78 is 1.57. The maximum Gasteiger partial charge on any atom is 0.273 e. The van der Waals surface area contributed by atoms with E-state index in [1.807, 2.05) is 38.1 Å². The van der Waals surface area contributed by atoms with Crippen molar-refractivity contribution in [3.05, 3.63) is 41.7 Å². The highest BCUT2D eigenvalue weighted by Crippen LogP contribution is 2.09. The third kappa shape index (κ3) is 3.42. The van der Waals surface area contributed by atoms with Crippen LogP contribution in [0.4, 0.5) is 0 Å². The molecule has 0 fully saturated rings. The number of aliphatic hydroxyl groups excluding tert-OH is 1. The van der Waals surface area contributed by atoms with E-state index >= 15 is 0 Å². The van der Waals surface area contributed by atoms with E-state index in [1.54, 1.807) is 10.9 Å². The predicted octanol–water partition coefficient (Wildman–Crippen LogP) is 1.08. The van der Waals surface area contributed by atoms with E-state index in [-0.39, 0.29) is 24.2 Å². The number of nitrogens with one attached hydrogen (secondary N) is 1. The molecule has 106 valence electrons. The average Bonchev–Trinajstić information content (AvgIpc) is 2.88. The molecule has 2 N–H and O–H groups in total. The number of aromatic nitrogens is 3. The first-order chi connectivity index (χ1) is 9.60. The van der Waals surface area contributed by atoms with Gasteiger partial charge in [-0.1, -0.05) is 17.3 Å². The van der Waals surface area contributed by atoms with Crippen LogP contribution in [0.25, 0.3) is 5.69 Å². The molecule has 2 rings (SSSR count). The average molecular weight is 274 g/mol. The van der Waals surface area contributed by atoms with Crippen LogP contribution >= 0.6 is 0 Å². The van der Waals surface area contributed by atoms with Crippen LogP contribution in [0.5, 0.6) is 0 Å². The van der Waals surface area contributed by atoms with Crippen LogP contribution in [0.3, 0.4) is 0 Å². The lowest BCUT2D eigenvalue weighted by Gasteiger charge is -2.10. The number of hydrogen-bond donors (Lipinski definition) is 2. The molecule has 20 heavy (non-hydrogen) atoms. The van der Waals surface area contributed by atoms with E-state index in [1.165, 1.54) is 0 Å². The molecule has 1 aromatic carbocycles. The van der Waals surface area contributed by atoms with Gasteiger partial charge in [-0.25, -0.2) is 4.68 Å². The van der Waals surface area contributed by atoms with E-state index in [0.29, 0.717) is 6.42 Å². The number of aryl methyl sites for hydroxylation is 1. The van der Waals surface area contributed by atoms with E-state index in [4.69, 9.17) is 5.11 Å². The van der Waals surface area contributed by atoms with Gasteiger partial charge in [0.1, 0.15) is 0 Å². The van der Waals surface area contributed by atoms with Gasteiger partial charge in [0, 0.05) is 12.6 Å². The van der Waals surface area contributed by atoms with Crippen molar-refractivity contribution in [1.29, 1.82) is 0 Å². The van der Waals surface area contributed by atoms with Gasteiger partial charge < -0.3 is 10.4 Å². The predicted molar refractivity (Wildman–Crippen MR) is 74.7 cm³/mol. The largest absolute Gasteiger partial charge is 0.396 e. The van der Waals surface area contributed by atoms with Crippen LogP contribution in [-0.4, -0.2) is 38.7 Å². The lowest BCUT2D eigenvalue weighted by molar-refractivity contribution is 0.0929. The van der Waals surface area contributed by atoms with Crippen LogP contribution in [0, 0.1) is 6.92 Å². The molecule has 0 bridgehead atoms. The maximum atomic E-state index is 11.9. The van der Waals surface area contributed by atoms with E-state index in [0.717, 1.165) is 11.3 Å². The molecule has 0 saturated carbocycles. The molecule has 6 nitrogen and oxygen atoms in total. The summed E-state index contributed by atoms with van der Waals surface area (Å²) in [6, 6.07) is 7.68. The highest BCUT2D eigenvalue weighted by atomic mass is 16.3. The Morgan fingerprint density at radius 2 is 2.30 bits per heavy atom. The minimum absolute atomic E-state index is 0.0391. The summed E-state index contributed by atoms with van der Waals surface area (Å²) in [4.78, 5) is 11.9. The Balaban J connectivity index is 2.11. The SMILES string of the molecule is Cc1cccc(-n2cc(C(=O)NC(C)CCO)nn2)c1. The Bertz CT molecular complexity index is 594. The van der Waals surface area contributed by atoms with Crippen molar-refractivity contribution >= 4 is 5.91 Å². The van der Waals surface area contributed by atoms with Gasteiger partial charge in [0.2, 0.25) is 0 Å². The van der Waals surface area contributed by atoms with Crippen molar-refractivity contribution in [1.82, 2.24) is 20.3 Å². The molecule has 0 saturated heterocycles. The Morgan fingerprint density at radius 3 is 3.00 bits per heavy atom. The minimum atomic E-state index is -0.287. The third-order valence-corrected chi connectivity index (χ3v) is 2.93. The van der Waals surface area contributed by atoms with Gasteiger partial charge in [0.05, 0.1) is 11.9 Å². The fraction of sp³-hybridized carbons (Fsp3) is 0.357. The molecule has 1 amide bonds. The molecule has 0 radical (unpaired) electrons. The summed E-state index contributed by atoms with van der Waals surface area (Å²) in [6.07, 6.45) is 2.10. The van der Waals surface area contributed by atoms with Crippen LogP contribution in [0.15, 0.2) is 30.5 Å². The first-order valence-electron chi connectivity index (χ1n) is 6.51. The van der Waals surface area contributed by atoms with Gasteiger partial charge in [-0.15, -0.1) is 5.10 Å². The Labute approximate surface area is 117 Å². The number of aliphatic hydroxyl groups is 1. The molecule has 1 atom stereocenters. The zero-order valence-electron chi connectivity index (χ0n) is 11.6. The monoisotopic (exact) mass is 274 g/mol. The van der Waals surface area contributed by atoms with Crippen molar-refractivity contribution in [3.63, 3.8) is 0 Å². The third-order valence-electron chi connectivity index (χ3n) is 2.93. The van der Waals surface area contributed by atoms with Crippen molar-refractivity contribution in [2.45, 2.75) is 26.3 Å². The summed E-state index contributed by atoms with van der Waals surface area (Å²) in [6.45, 7) is 3.86. The van der Waals surface area contributed by atoms with Gasteiger partial charge in [0.25, 0.3) is 5.91 Å². The van der Waals surface area contributed by atoms with Gasteiger partial charge in [0.15, 0.2) is 5.69 Å². The summed E-state index contributed by atoms with van der Waals surface area (Å²) in [5.41, 5.74) is 2.23. The molecule has 0 aliphatic heterocycles. The van der Waals surface area contributed by atoms with Crippen LogP contribution in [-0.2, 0) is 0 Å². The van der Waals surface area contributed by atoms with Crippen molar-refractivity contribution in [2.24, 2.45) is 0 Å². The molecular weight excluding hydrogens is 256 g/mol. The molecule has 1 heterocycles. The van der Waals surface area contributed by atoms with Gasteiger partial charge in [-0.2, -0.15) is 0 Å². The highest BCUT2D eigenvalue weighted by Gasteiger charge is 2.13. The fourth-order valence-corrected chi connectivity index (χ4v) is 1.83. The standard InChI is InChI=1S/C14H18N4O2/c1-10-4-3-5-12(8-10)18-9-13(16-17-18)14(20)15-11(2)6-7-19/h3-5,8-9,11,19H,6-7H2,1-2H3,(H,15,20). The number of amides is 1. The van der Waals surface area contributed by atoms with Crippen LogP contribution in [0.1, 0.15) is 29.4 Å². The number of benzene rings is 1. The Kier molecular flexibility index (Phi) is 4.47. The van der Waals surface area contributed by atoms with Crippen molar-refractivity contribution < 1.29 is 9.90 Å². The second-order valence-electron chi connectivity index (χ2n) is 4.77. The van der Waals surface area contributed by atoms with E-state index in [9.17, 15) is 4.79 Å². The maximum absolute atomic E-state index is 11.9. The van der Waals surface area contributed by atoms with E-state index in [2.05, 4.69) is 15.6 Å². The Hall–Kier alpha value is -2.21. The van der Waals surface area contributed by atoms with Crippen LogP contribution in [0.2, 0.25) is 0 Å². The molecule has 1 unspecified atom stereocenters. The number of hydrogen-bond acceptors (Lipinski definition) is 4. The normalized spacial score (nSPS) is 12.2. The van der Waals surface area contributed by atoms with Gasteiger partial charge in [-0.3, -0.25) is 4.79 Å².